The Bertz CT molecular complexity index is 4660. The second-order valence-electron chi connectivity index (χ2n) is 22.2. The average Bonchev–Trinajstić information content (AvgIpc) is 3.40. The van der Waals surface area contributed by atoms with Crippen molar-refractivity contribution in [2.45, 2.75) is 10.8 Å². The predicted octanol–water partition coefficient (Wildman–Crippen LogP) is 20.8. The van der Waals surface area contributed by atoms with Crippen molar-refractivity contribution >= 4 is 17.1 Å². The van der Waals surface area contributed by atoms with Gasteiger partial charge in [0.05, 0.1) is 10.8 Å². The van der Waals surface area contributed by atoms with Crippen molar-refractivity contribution in [2.75, 3.05) is 4.90 Å². The van der Waals surface area contributed by atoms with Crippen LogP contribution in [-0.4, -0.2) is 0 Å². The first-order valence-electron chi connectivity index (χ1n) is 28.6. The lowest BCUT2D eigenvalue weighted by molar-refractivity contribution is 0.436. The van der Waals surface area contributed by atoms with Crippen molar-refractivity contribution in [3.63, 3.8) is 0 Å². The molecule has 2 heterocycles. The largest absolute Gasteiger partial charge is 0.457 e. The summed E-state index contributed by atoms with van der Waals surface area (Å²) in [6.45, 7) is 0. The van der Waals surface area contributed by atoms with Gasteiger partial charge in [-0.15, -0.1) is 0 Å². The first-order chi connectivity index (χ1) is 41.1. The zero-order chi connectivity index (χ0) is 54.6. The third kappa shape index (κ3) is 6.98. The van der Waals surface area contributed by atoms with Crippen molar-refractivity contribution < 1.29 is 9.47 Å². The van der Waals surface area contributed by atoms with E-state index in [4.69, 9.17) is 9.47 Å². The second-order valence-corrected chi connectivity index (χ2v) is 22.2. The first-order valence-corrected chi connectivity index (χ1v) is 28.6. The summed E-state index contributed by atoms with van der Waals surface area (Å²) in [5.41, 5.74) is 26.1. The molecule has 17 rings (SSSR count). The molecular formula is C80H51NO2. The highest BCUT2D eigenvalue weighted by atomic mass is 16.5. The number of hydrogen-bond acceptors (Lipinski definition) is 3. The Hall–Kier alpha value is -10.7. The molecule has 2 spiro atoms. The molecule has 2 aliphatic heterocycles. The van der Waals surface area contributed by atoms with Crippen molar-refractivity contribution in [1.82, 2.24) is 0 Å². The Morgan fingerprint density at radius 3 is 1.05 bits per heavy atom. The number of para-hydroxylation sites is 4. The number of rotatable bonds is 7. The van der Waals surface area contributed by atoms with Crippen LogP contribution < -0.4 is 14.4 Å². The minimum Gasteiger partial charge on any atom is -0.457 e. The summed E-state index contributed by atoms with van der Waals surface area (Å²) >= 11 is 0. The van der Waals surface area contributed by atoms with Gasteiger partial charge in [0.25, 0.3) is 0 Å². The molecule has 13 aromatic rings. The highest BCUT2D eigenvalue weighted by molar-refractivity contribution is 5.94. The van der Waals surface area contributed by atoms with Crippen LogP contribution in [0.25, 0.3) is 66.8 Å². The molecule has 4 aliphatic rings. The minimum absolute atomic E-state index is 0.529. The van der Waals surface area contributed by atoms with E-state index in [9.17, 15) is 0 Å². The van der Waals surface area contributed by atoms with Gasteiger partial charge in [0, 0.05) is 39.3 Å². The fourth-order valence-electron chi connectivity index (χ4n) is 14.5. The summed E-state index contributed by atoms with van der Waals surface area (Å²) < 4.78 is 13.3. The van der Waals surface area contributed by atoms with E-state index in [1.165, 1.54) is 61.2 Å². The SMILES string of the molecule is c1ccc(-c2ccc(-c3ccc(N(c4cccc(-c5ccc6c(c5)-c5ccccc5C65c6ccccc6Oc6ccccc65)c4)c4cccc(-c5ccc6c(c5)C5(c7ccccc7Oc7ccccc75)c5ccccc5-6)c4)cc3)cc2)cc1. The zero-order valence-corrected chi connectivity index (χ0v) is 45.2. The maximum atomic E-state index is 6.70. The second kappa shape index (κ2) is 18.4. The third-order valence-electron chi connectivity index (χ3n) is 18.0. The third-order valence-corrected chi connectivity index (χ3v) is 18.0. The van der Waals surface area contributed by atoms with E-state index in [2.05, 4.69) is 314 Å². The summed E-state index contributed by atoms with van der Waals surface area (Å²) in [6.07, 6.45) is 0. The monoisotopic (exact) mass is 1060 g/mol. The van der Waals surface area contributed by atoms with E-state index >= 15 is 0 Å². The molecule has 0 radical (unpaired) electrons. The Morgan fingerprint density at radius 1 is 0.193 bits per heavy atom. The van der Waals surface area contributed by atoms with Gasteiger partial charge < -0.3 is 14.4 Å². The number of ether oxygens (including phenoxy) is 2. The molecule has 0 saturated heterocycles. The van der Waals surface area contributed by atoms with Crippen LogP contribution in [0.4, 0.5) is 17.1 Å². The van der Waals surface area contributed by atoms with Crippen LogP contribution in [0.3, 0.4) is 0 Å². The van der Waals surface area contributed by atoms with Gasteiger partial charge in [0.15, 0.2) is 0 Å². The smallest absolute Gasteiger partial charge is 0.132 e. The molecule has 0 N–H and O–H groups in total. The topological polar surface area (TPSA) is 21.7 Å². The Balaban J connectivity index is 0.803. The van der Waals surface area contributed by atoms with Crippen LogP contribution >= 0.6 is 0 Å². The Labute approximate surface area is 483 Å². The van der Waals surface area contributed by atoms with E-state index in [1.54, 1.807) is 0 Å². The summed E-state index contributed by atoms with van der Waals surface area (Å²) in [6, 6.07) is 113. The van der Waals surface area contributed by atoms with Crippen molar-refractivity contribution in [3.05, 3.63) is 354 Å². The van der Waals surface area contributed by atoms with Gasteiger partial charge in [0.2, 0.25) is 0 Å². The maximum absolute atomic E-state index is 6.70. The molecule has 3 nitrogen and oxygen atoms in total. The van der Waals surface area contributed by atoms with Gasteiger partial charge in [-0.05, 0) is 162 Å². The summed E-state index contributed by atoms with van der Waals surface area (Å²) in [4.78, 5) is 2.42. The molecule has 0 aromatic heterocycles. The molecule has 0 bridgehead atoms. The van der Waals surface area contributed by atoms with Gasteiger partial charge in [-0.25, -0.2) is 0 Å². The molecular weight excluding hydrogens is 1010 g/mol. The molecule has 0 atom stereocenters. The van der Waals surface area contributed by atoms with Crippen LogP contribution in [0.15, 0.2) is 309 Å². The molecule has 0 unspecified atom stereocenters. The number of benzene rings is 13. The van der Waals surface area contributed by atoms with Crippen LogP contribution in [-0.2, 0) is 10.8 Å². The lowest BCUT2D eigenvalue weighted by Gasteiger charge is -2.39. The molecule has 0 amide bonds. The highest BCUT2D eigenvalue weighted by Crippen LogP contribution is 2.64. The maximum Gasteiger partial charge on any atom is 0.132 e. The van der Waals surface area contributed by atoms with Crippen LogP contribution in [0.1, 0.15) is 44.5 Å². The molecule has 388 valence electrons. The quantitative estimate of drug-likeness (QED) is 0.159. The van der Waals surface area contributed by atoms with Crippen molar-refractivity contribution in [2.24, 2.45) is 0 Å². The number of nitrogens with zero attached hydrogens (tertiary/aromatic N) is 1. The van der Waals surface area contributed by atoms with Crippen LogP contribution in [0.2, 0.25) is 0 Å². The van der Waals surface area contributed by atoms with Gasteiger partial charge in [0.1, 0.15) is 23.0 Å². The van der Waals surface area contributed by atoms with Gasteiger partial charge >= 0.3 is 0 Å². The molecule has 2 aliphatic carbocycles. The van der Waals surface area contributed by atoms with Crippen molar-refractivity contribution in [1.29, 1.82) is 0 Å². The van der Waals surface area contributed by atoms with Gasteiger partial charge in [-0.1, -0.05) is 237 Å². The van der Waals surface area contributed by atoms with Crippen LogP contribution in [0, 0.1) is 0 Å². The average molecular weight is 1060 g/mol. The lowest BCUT2D eigenvalue weighted by Crippen LogP contribution is -2.32. The molecule has 0 fully saturated rings. The van der Waals surface area contributed by atoms with E-state index in [-0.39, 0.29) is 0 Å². The first kappa shape index (κ1) is 47.1. The van der Waals surface area contributed by atoms with Gasteiger partial charge in [-0.3, -0.25) is 0 Å². The summed E-state index contributed by atoms with van der Waals surface area (Å²) in [5, 5.41) is 0. The van der Waals surface area contributed by atoms with Crippen molar-refractivity contribution in [3.8, 4) is 89.8 Å². The van der Waals surface area contributed by atoms with E-state index < -0.39 is 10.8 Å². The van der Waals surface area contributed by atoms with E-state index in [0.717, 1.165) is 90.1 Å². The number of hydrogen-bond donors (Lipinski definition) is 0. The minimum atomic E-state index is -0.568. The molecule has 83 heavy (non-hydrogen) atoms. The zero-order valence-electron chi connectivity index (χ0n) is 45.2. The van der Waals surface area contributed by atoms with E-state index in [1.807, 2.05) is 0 Å². The molecule has 0 saturated carbocycles. The normalized spacial score (nSPS) is 13.7. The lowest BCUT2D eigenvalue weighted by atomic mass is 9.66. The standard InChI is InChI=1S/C80H51NO2/c1-2-18-52(19-3-1)53-36-38-54(39-37-53)55-40-44-60(45-41-55)81(61-22-16-20-56(48-61)58-43-47-69-66(50-58)64-25-5-7-27-68(64)79(69)70-28-8-12-32-75(70)82-76-33-13-9-29-71(76)79)62-23-17-21-57(49-62)59-42-46-65-63-24-4-6-26-67(63)80(74(65)51-59)72-30-10-14-34-77(72)83-78-35-15-11-31-73(78)80/h1-51H. The highest BCUT2D eigenvalue weighted by Gasteiger charge is 2.52. The predicted molar refractivity (Wildman–Crippen MR) is 338 cm³/mol. The number of fused-ring (bicyclic) bond motifs is 18. The molecule has 13 aromatic carbocycles. The fraction of sp³-hybridized carbons (Fsp3) is 0.0250. The molecule has 3 heteroatoms. The number of anilines is 3. The summed E-state index contributed by atoms with van der Waals surface area (Å²) in [5.74, 6) is 3.56. The van der Waals surface area contributed by atoms with E-state index in [0.29, 0.717) is 0 Å². The van der Waals surface area contributed by atoms with Gasteiger partial charge in [-0.2, -0.15) is 0 Å². The Kier molecular flexibility index (Phi) is 10.4. The summed E-state index contributed by atoms with van der Waals surface area (Å²) in [7, 11) is 0. The van der Waals surface area contributed by atoms with Crippen LogP contribution in [0.5, 0.6) is 23.0 Å². The Morgan fingerprint density at radius 2 is 0.530 bits per heavy atom. The fourth-order valence-corrected chi connectivity index (χ4v) is 14.5.